The highest BCUT2D eigenvalue weighted by atomic mass is 16.2. The van der Waals surface area contributed by atoms with Gasteiger partial charge >= 0.3 is 0 Å². The molecule has 0 fully saturated rings. The van der Waals surface area contributed by atoms with Crippen molar-refractivity contribution in [1.29, 1.82) is 0 Å². The molecule has 118 valence electrons. The van der Waals surface area contributed by atoms with E-state index in [2.05, 4.69) is 0 Å². The number of hydrogen-bond acceptors (Lipinski definition) is 4. The van der Waals surface area contributed by atoms with E-state index in [1.807, 2.05) is 13.8 Å². The maximum absolute atomic E-state index is 11.7. The molecule has 0 aliphatic heterocycles. The summed E-state index contributed by atoms with van der Waals surface area (Å²) < 4.78 is 0. The molecule has 0 bridgehead atoms. The Hall–Kier alpha value is -2.50. The van der Waals surface area contributed by atoms with Crippen LogP contribution in [0.5, 0.6) is 0 Å². The highest BCUT2D eigenvalue weighted by Crippen LogP contribution is 2.23. The predicted molar refractivity (Wildman–Crippen MR) is 83.9 cm³/mol. The number of carbonyl (C=O) groups is 4. The molecule has 0 aromatic heterocycles. The van der Waals surface area contributed by atoms with E-state index in [-0.39, 0.29) is 12.6 Å². The molecule has 1 aromatic carbocycles. The highest BCUT2D eigenvalue weighted by molar-refractivity contribution is 6.31. The Balaban J connectivity index is 3.19. The Labute approximate surface area is 129 Å². The van der Waals surface area contributed by atoms with E-state index in [1.54, 1.807) is 24.3 Å². The monoisotopic (exact) mass is 304 g/mol. The third-order valence-corrected chi connectivity index (χ3v) is 3.08. The van der Waals surface area contributed by atoms with Crippen molar-refractivity contribution >= 4 is 35.8 Å². The standard InChI is InChI=1S/C16H20N2O4/c1-3-8-17(15(21)11-19)13-6-5-7-14(10-13)18(9-4-2)16(22)12-20/h5-7,10-12H,3-4,8-9H2,1-2H3. The van der Waals surface area contributed by atoms with E-state index < -0.39 is 11.8 Å². The Kier molecular flexibility index (Phi) is 6.95. The molecule has 0 aliphatic rings. The minimum atomic E-state index is -0.636. The highest BCUT2D eigenvalue weighted by Gasteiger charge is 2.18. The summed E-state index contributed by atoms with van der Waals surface area (Å²) in [5.41, 5.74) is 1.05. The SMILES string of the molecule is CCCN(C(=O)C=O)c1cccc(N(CCC)C(=O)C=O)c1. The Bertz CT molecular complexity index is 512. The largest absolute Gasteiger partial charge is 0.306 e. The number of aldehydes is 2. The molecule has 6 nitrogen and oxygen atoms in total. The van der Waals surface area contributed by atoms with Crippen molar-refractivity contribution in [2.45, 2.75) is 26.7 Å². The zero-order chi connectivity index (χ0) is 16.5. The van der Waals surface area contributed by atoms with Crippen LogP contribution < -0.4 is 9.80 Å². The van der Waals surface area contributed by atoms with Crippen LogP contribution in [0.2, 0.25) is 0 Å². The molecule has 22 heavy (non-hydrogen) atoms. The predicted octanol–water partition coefficient (Wildman–Crippen LogP) is 1.57. The van der Waals surface area contributed by atoms with Gasteiger partial charge in [-0.25, -0.2) is 0 Å². The number of anilines is 2. The lowest BCUT2D eigenvalue weighted by molar-refractivity contribution is -0.129. The van der Waals surface area contributed by atoms with Crippen LogP contribution in [-0.4, -0.2) is 37.5 Å². The van der Waals surface area contributed by atoms with Crippen LogP contribution in [0.4, 0.5) is 11.4 Å². The van der Waals surface area contributed by atoms with Gasteiger partial charge in [0.15, 0.2) is 0 Å². The second-order valence-corrected chi connectivity index (χ2v) is 4.74. The molecule has 0 aliphatic carbocycles. The van der Waals surface area contributed by atoms with Gasteiger partial charge in [-0.3, -0.25) is 19.2 Å². The van der Waals surface area contributed by atoms with Crippen LogP contribution in [0.25, 0.3) is 0 Å². The molecule has 0 saturated heterocycles. The zero-order valence-electron chi connectivity index (χ0n) is 12.8. The molecule has 0 saturated carbocycles. The van der Waals surface area contributed by atoms with Crippen LogP contribution in [0.15, 0.2) is 24.3 Å². The van der Waals surface area contributed by atoms with Crippen molar-refractivity contribution in [3.8, 4) is 0 Å². The van der Waals surface area contributed by atoms with Crippen LogP contribution in [0, 0.1) is 0 Å². The topological polar surface area (TPSA) is 74.8 Å². The first-order valence-corrected chi connectivity index (χ1v) is 7.22. The summed E-state index contributed by atoms with van der Waals surface area (Å²) in [6.45, 7) is 4.59. The third kappa shape index (κ3) is 4.25. The average Bonchev–Trinajstić information content (AvgIpc) is 2.56. The van der Waals surface area contributed by atoms with Gasteiger partial charge in [0.1, 0.15) is 0 Å². The van der Waals surface area contributed by atoms with Gasteiger partial charge in [0.25, 0.3) is 11.8 Å². The fourth-order valence-corrected chi connectivity index (χ4v) is 2.14. The van der Waals surface area contributed by atoms with Gasteiger partial charge in [-0.2, -0.15) is 0 Å². The van der Waals surface area contributed by atoms with Crippen LogP contribution in [0.1, 0.15) is 26.7 Å². The molecule has 0 heterocycles. The van der Waals surface area contributed by atoms with Crippen molar-refractivity contribution < 1.29 is 19.2 Å². The molecule has 1 rings (SSSR count). The van der Waals surface area contributed by atoms with Gasteiger partial charge < -0.3 is 9.80 Å². The lowest BCUT2D eigenvalue weighted by Gasteiger charge is -2.24. The smallest absolute Gasteiger partial charge is 0.291 e. The summed E-state index contributed by atoms with van der Waals surface area (Å²) in [4.78, 5) is 47.7. The quantitative estimate of drug-likeness (QED) is 0.540. The molecule has 0 radical (unpaired) electrons. The summed E-state index contributed by atoms with van der Waals surface area (Å²) >= 11 is 0. The first-order chi connectivity index (χ1) is 10.6. The minimum absolute atomic E-state index is 0.267. The molecule has 2 amide bonds. The lowest BCUT2D eigenvalue weighted by Crippen LogP contribution is -2.34. The number of hydrogen-bond donors (Lipinski definition) is 0. The van der Waals surface area contributed by atoms with Gasteiger partial charge in [-0.15, -0.1) is 0 Å². The number of rotatable bonds is 8. The molecular formula is C16H20N2O4. The van der Waals surface area contributed by atoms with Gasteiger partial charge in [0.2, 0.25) is 12.6 Å². The van der Waals surface area contributed by atoms with Gasteiger partial charge in [-0.1, -0.05) is 19.9 Å². The summed E-state index contributed by atoms with van der Waals surface area (Å²) in [7, 11) is 0. The summed E-state index contributed by atoms with van der Waals surface area (Å²) in [6, 6.07) is 6.70. The molecule has 1 aromatic rings. The van der Waals surface area contributed by atoms with Gasteiger partial charge in [0, 0.05) is 24.5 Å². The van der Waals surface area contributed by atoms with Crippen molar-refractivity contribution in [3.05, 3.63) is 24.3 Å². The third-order valence-electron chi connectivity index (χ3n) is 3.08. The van der Waals surface area contributed by atoms with E-state index in [1.165, 1.54) is 9.80 Å². The fraction of sp³-hybridized carbons (Fsp3) is 0.375. The van der Waals surface area contributed by atoms with E-state index in [4.69, 9.17) is 0 Å². The minimum Gasteiger partial charge on any atom is -0.306 e. The maximum Gasteiger partial charge on any atom is 0.291 e. The maximum atomic E-state index is 11.7. The number of amides is 2. The first-order valence-electron chi connectivity index (χ1n) is 7.22. The molecule has 0 N–H and O–H groups in total. The molecule has 6 heteroatoms. The second-order valence-electron chi connectivity index (χ2n) is 4.74. The van der Waals surface area contributed by atoms with E-state index >= 15 is 0 Å². The van der Waals surface area contributed by atoms with Crippen LogP contribution in [0.3, 0.4) is 0 Å². The van der Waals surface area contributed by atoms with Crippen molar-refractivity contribution in [2.24, 2.45) is 0 Å². The summed E-state index contributed by atoms with van der Waals surface area (Å²) in [5, 5.41) is 0. The second kappa shape index (κ2) is 8.71. The van der Waals surface area contributed by atoms with E-state index in [9.17, 15) is 19.2 Å². The van der Waals surface area contributed by atoms with Crippen molar-refractivity contribution in [2.75, 3.05) is 22.9 Å². The Morgan fingerprint density at radius 1 is 0.909 bits per heavy atom. The molecule has 0 spiro atoms. The molecule has 0 unspecified atom stereocenters. The Morgan fingerprint density at radius 3 is 1.64 bits per heavy atom. The number of carbonyl (C=O) groups excluding carboxylic acids is 4. The van der Waals surface area contributed by atoms with Gasteiger partial charge in [-0.05, 0) is 31.0 Å². The van der Waals surface area contributed by atoms with E-state index in [0.717, 1.165) is 0 Å². The fourth-order valence-electron chi connectivity index (χ4n) is 2.14. The van der Waals surface area contributed by atoms with Crippen LogP contribution >= 0.6 is 0 Å². The first kappa shape index (κ1) is 17.6. The number of benzene rings is 1. The lowest BCUT2D eigenvalue weighted by atomic mass is 10.2. The van der Waals surface area contributed by atoms with Crippen molar-refractivity contribution in [3.63, 3.8) is 0 Å². The number of nitrogens with zero attached hydrogens (tertiary/aromatic N) is 2. The molecular weight excluding hydrogens is 284 g/mol. The summed E-state index contributed by atoms with van der Waals surface area (Å²) in [6.07, 6.45) is 1.91. The van der Waals surface area contributed by atoms with Crippen LogP contribution in [-0.2, 0) is 19.2 Å². The average molecular weight is 304 g/mol. The normalized spacial score (nSPS) is 9.91. The Morgan fingerprint density at radius 2 is 1.32 bits per heavy atom. The van der Waals surface area contributed by atoms with Crippen molar-refractivity contribution in [1.82, 2.24) is 0 Å². The van der Waals surface area contributed by atoms with E-state index in [0.29, 0.717) is 37.3 Å². The zero-order valence-corrected chi connectivity index (χ0v) is 12.8. The molecule has 0 atom stereocenters. The van der Waals surface area contributed by atoms with Gasteiger partial charge in [0.05, 0.1) is 0 Å². The summed E-state index contributed by atoms with van der Waals surface area (Å²) in [5.74, 6) is -1.27.